The van der Waals surface area contributed by atoms with E-state index in [1.54, 1.807) is 0 Å². The molecule has 2 rings (SSSR count). The molecule has 2 aromatic heterocycles. The van der Waals surface area contributed by atoms with Gasteiger partial charge in [0, 0.05) is 12.0 Å². The first kappa shape index (κ1) is 12.8. The maximum absolute atomic E-state index is 5.56. The standard InChI is InChI=1S/C13H19N3O2/c1-5-9-6-7-10(17-9)12-16-15-11(18-12)8-14-13(2,3)4/h6-7,14H,5,8H2,1-4H3. The highest BCUT2D eigenvalue weighted by Crippen LogP contribution is 2.21. The number of hydrogen-bond donors (Lipinski definition) is 1. The van der Waals surface area contributed by atoms with E-state index in [1.165, 1.54) is 0 Å². The van der Waals surface area contributed by atoms with Crippen LogP contribution in [-0.2, 0) is 13.0 Å². The highest BCUT2D eigenvalue weighted by atomic mass is 16.4. The lowest BCUT2D eigenvalue weighted by Crippen LogP contribution is -2.35. The fraction of sp³-hybridized carbons (Fsp3) is 0.538. The number of aryl methyl sites for hydroxylation is 1. The molecule has 0 fully saturated rings. The van der Waals surface area contributed by atoms with Crippen molar-refractivity contribution in [3.63, 3.8) is 0 Å². The van der Waals surface area contributed by atoms with Crippen LogP contribution in [0.2, 0.25) is 0 Å². The molecule has 1 N–H and O–H groups in total. The minimum absolute atomic E-state index is 0.0225. The quantitative estimate of drug-likeness (QED) is 0.902. The second kappa shape index (κ2) is 4.94. The molecule has 0 aromatic carbocycles. The fourth-order valence-electron chi connectivity index (χ4n) is 1.45. The van der Waals surface area contributed by atoms with Crippen LogP contribution in [0, 0.1) is 0 Å². The molecule has 2 heterocycles. The summed E-state index contributed by atoms with van der Waals surface area (Å²) in [7, 11) is 0. The summed E-state index contributed by atoms with van der Waals surface area (Å²) in [6.07, 6.45) is 0.854. The lowest BCUT2D eigenvalue weighted by Gasteiger charge is -2.18. The minimum Gasteiger partial charge on any atom is -0.456 e. The molecule has 0 amide bonds. The van der Waals surface area contributed by atoms with Crippen LogP contribution >= 0.6 is 0 Å². The molecule has 5 nitrogen and oxygen atoms in total. The molecule has 2 aromatic rings. The smallest absolute Gasteiger partial charge is 0.283 e. The van der Waals surface area contributed by atoms with E-state index in [4.69, 9.17) is 8.83 Å². The Kier molecular flexibility index (Phi) is 3.52. The Bertz CT molecular complexity index is 508. The Morgan fingerprint density at radius 1 is 1.17 bits per heavy atom. The first-order chi connectivity index (χ1) is 8.48. The van der Waals surface area contributed by atoms with Crippen molar-refractivity contribution in [3.8, 4) is 11.7 Å². The van der Waals surface area contributed by atoms with Crippen LogP contribution in [0.3, 0.4) is 0 Å². The van der Waals surface area contributed by atoms with Crippen molar-refractivity contribution in [2.45, 2.75) is 46.2 Å². The van der Waals surface area contributed by atoms with Gasteiger partial charge in [0.15, 0.2) is 5.76 Å². The van der Waals surface area contributed by atoms with Crippen LogP contribution in [0.15, 0.2) is 21.0 Å². The van der Waals surface area contributed by atoms with E-state index in [2.05, 4.69) is 36.3 Å². The molecule has 0 spiro atoms. The van der Waals surface area contributed by atoms with E-state index in [9.17, 15) is 0 Å². The van der Waals surface area contributed by atoms with Gasteiger partial charge in [0.2, 0.25) is 5.89 Å². The highest BCUT2D eigenvalue weighted by Gasteiger charge is 2.14. The van der Waals surface area contributed by atoms with E-state index >= 15 is 0 Å². The van der Waals surface area contributed by atoms with Crippen LogP contribution in [0.5, 0.6) is 0 Å². The molecule has 0 radical (unpaired) electrons. The summed E-state index contributed by atoms with van der Waals surface area (Å²) in [4.78, 5) is 0. The number of nitrogens with zero attached hydrogens (tertiary/aromatic N) is 2. The molecule has 5 heteroatoms. The molecule has 18 heavy (non-hydrogen) atoms. The summed E-state index contributed by atoms with van der Waals surface area (Å²) in [6, 6.07) is 3.78. The van der Waals surface area contributed by atoms with Gasteiger partial charge in [-0.05, 0) is 32.9 Å². The highest BCUT2D eigenvalue weighted by molar-refractivity contribution is 5.43. The first-order valence-corrected chi connectivity index (χ1v) is 6.14. The second-order valence-corrected chi connectivity index (χ2v) is 5.22. The number of nitrogens with one attached hydrogen (secondary N) is 1. The zero-order chi connectivity index (χ0) is 13.2. The zero-order valence-corrected chi connectivity index (χ0v) is 11.3. The average Bonchev–Trinajstić information content (AvgIpc) is 2.94. The molecule has 0 atom stereocenters. The second-order valence-electron chi connectivity index (χ2n) is 5.22. The lowest BCUT2D eigenvalue weighted by atomic mass is 10.1. The van der Waals surface area contributed by atoms with Crippen molar-refractivity contribution in [3.05, 3.63) is 23.8 Å². The number of hydrogen-bond acceptors (Lipinski definition) is 5. The molecular weight excluding hydrogens is 230 g/mol. The number of rotatable bonds is 4. The van der Waals surface area contributed by atoms with Crippen molar-refractivity contribution in [2.24, 2.45) is 0 Å². The zero-order valence-electron chi connectivity index (χ0n) is 11.3. The predicted molar refractivity (Wildman–Crippen MR) is 68.0 cm³/mol. The molecule has 0 aliphatic heterocycles. The average molecular weight is 249 g/mol. The van der Waals surface area contributed by atoms with Gasteiger partial charge in [0.05, 0.1) is 6.54 Å². The summed E-state index contributed by atoms with van der Waals surface area (Å²) in [5.41, 5.74) is 0.0225. The first-order valence-electron chi connectivity index (χ1n) is 6.14. The van der Waals surface area contributed by atoms with Crippen LogP contribution in [0.1, 0.15) is 39.3 Å². The Labute approximate surface area is 107 Å². The van der Waals surface area contributed by atoms with Gasteiger partial charge in [-0.1, -0.05) is 6.92 Å². The van der Waals surface area contributed by atoms with Crippen LogP contribution in [-0.4, -0.2) is 15.7 Å². The van der Waals surface area contributed by atoms with E-state index in [-0.39, 0.29) is 5.54 Å². The summed E-state index contributed by atoms with van der Waals surface area (Å²) in [5, 5.41) is 11.3. The van der Waals surface area contributed by atoms with Gasteiger partial charge in [0.25, 0.3) is 5.89 Å². The Balaban J connectivity index is 2.06. The normalized spacial score (nSPS) is 12.0. The summed E-state index contributed by atoms with van der Waals surface area (Å²) < 4.78 is 11.1. The van der Waals surface area contributed by atoms with Crippen LogP contribution < -0.4 is 5.32 Å². The Morgan fingerprint density at radius 2 is 1.94 bits per heavy atom. The Morgan fingerprint density at radius 3 is 2.56 bits per heavy atom. The van der Waals surface area contributed by atoms with Crippen molar-refractivity contribution >= 4 is 0 Å². The van der Waals surface area contributed by atoms with Gasteiger partial charge in [-0.3, -0.25) is 0 Å². The minimum atomic E-state index is 0.0225. The van der Waals surface area contributed by atoms with E-state index in [1.807, 2.05) is 19.1 Å². The van der Waals surface area contributed by atoms with Gasteiger partial charge in [-0.2, -0.15) is 0 Å². The van der Waals surface area contributed by atoms with Gasteiger partial charge in [-0.25, -0.2) is 0 Å². The maximum atomic E-state index is 5.56. The SMILES string of the molecule is CCc1ccc(-c2nnc(CNC(C)(C)C)o2)o1. The van der Waals surface area contributed by atoms with Crippen LogP contribution in [0.4, 0.5) is 0 Å². The molecule has 0 aliphatic rings. The number of furan rings is 1. The van der Waals surface area contributed by atoms with Gasteiger partial charge in [-0.15, -0.1) is 10.2 Å². The summed E-state index contributed by atoms with van der Waals surface area (Å²) >= 11 is 0. The van der Waals surface area contributed by atoms with Gasteiger partial charge >= 0.3 is 0 Å². The summed E-state index contributed by atoms with van der Waals surface area (Å²) in [5.74, 6) is 2.54. The predicted octanol–water partition coefficient (Wildman–Crippen LogP) is 2.78. The third-order valence-corrected chi connectivity index (χ3v) is 2.46. The largest absolute Gasteiger partial charge is 0.456 e. The molecule has 0 bridgehead atoms. The van der Waals surface area contributed by atoms with Gasteiger partial charge in [0.1, 0.15) is 5.76 Å². The molecule has 0 unspecified atom stereocenters. The molecule has 98 valence electrons. The molecular formula is C13H19N3O2. The maximum Gasteiger partial charge on any atom is 0.283 e. The van der Waals surface area contributed by atoms with E-state index < -0.39 is 0 Å². The molecule has 0 saturated heterocycles. The molecule has 0 saturated carbocycles. The van der Waals surface area contributed by atoms with E-state index in [0.717, 1.165) is 12.2 Å². The van der Waals surface area contributed by atoms with Crippen molar-refractivity contribution in [1.29, 1.82) is 0 Å². The summed E-state index contributed by atoms with van der Waals surface area (Å²) in [6.45, 7) is 8.85. The third-order valence-electron chi connectivity index (χ3n) is 2.46. The topological polar surface area (TPSA) is 64.1 Å². The van der Waals surface area contributed by atoms with Gasteiger partial charge < -0.3 is 14.2 Å². The van der Waals surface area contributed by atoms with Crippen molar-refractivity contribution < 1.29 is 8.83 Å². The molecule has 0 aliphatic carbocycles. The van der Waals surface area contributed by atoms with E-state index in [0.29, 0.717) is 24.1 Å². The van der Waals surface area contributed by atoms with Crippen molar-refractivity contribution in [1.82, 2.24) is 15.5 Å². The number of aromatic nitrogens is 2. The lowest BCUT2D eigenvalue weighted by molar-refractivity contribution is 0.380. The monoisotopic (exact) mass is 249 g/mol. The fourth-order valence-corrected chi connectivity index (χ4v) is 1.45. The van der Waals surface area contributed by atoms with Crippen molar-refractivity contribution in [2.75, 3.05) is 0 Å². The Hall–Kier alpha value is -1.62. The van der Waals surface area contributed by atoms with Crippen LogP contribution in [0.25, 0.3) is 11.7 Å². The third kappa shape index (κ3) is 3.20.